The molecule has 8 heteroatoms. The number of likely N-dealkylation sites (tertiary alicyclic amines) is 1. The van der Waals surface area contributed by atoms with E-state index in [1.165, 1.54) is 7.11 Å². The third kappa shape index (κ3) is 4.53. The standard InChI is InChI=1S/C16H22ClN3O3.ClH/c1-10(9-18)19-15(21)13-4-3-7-20(13)16(22)12-8-11(17)5-6-14(12)23-2;/h5-6,8,10,13H,3-4,7,9,18H2,1-2H3,(H,19,21);1H/t10-,13?;/m0./s1. The van der Waals surface area contributed by atoms with Crippen LogP contribution >= 0.6 is 24.0 Å². The summed E-state index contributed by atoms with van der Waals surface area (Å²) in [7, 11) is 1.50. The second kappa shape index (κ2) is 9.11. The summed E-state index contributed by atoms with van der Waals surface area (Å²) in [5.41, 5.74) is 5.90. The van der Waals surface area contributed by atoms with Crippen LogP contribution in [0.1, 0.15) is 30.1 Å². The molecule has 1 aliphatic heterocycles. The Morgan fingerprint density at radius 3 is 2.83 bits per heavy atom. The molecule has 0 spiro atoms. The van der Waals surface area contributed by atoms with Gasteiger partial charge in [0.15, 0.2) is 0 Å². The summed E-state index contributed by atoms with van der Waals surface area (Å²) in [5.74, 6) is 0.0259. The Hall–Kier alpha value is -1.50. The van der Waals surface area contributed by atoms with Gasteiger partial charge in [0.1, 0.15) is 11.8 Å². The molecular formula is C16H23Cl2N3O3. The number of nitrogens with two attached hydrogens (primary N) is 1. The molecule has 0 saturated carbocycles. The van der Waals surface area contributed by atoms with Crippen molar-refractivity contribution < 1.29 is 14.3 Å². The predicted octanol–water partition coefficient (Wildman–Crippen LogP) is 1.84. The molecule has 1 heterocycles. The minimum Gasteiger partial charge on any atom is -0.496 e. The van der Waals surface area contributed by atoms with Gasteiger partial charge in [-0.2, -0.15) is 0 Å². The zero-order chi connectivity index (χ0) is 17.0. The van der Waals surface area contributed by atoms with Crippen molar-refractivity contribution in [2.24, 2.45) is 5.73 Å². The van der Waals surface area contributed by atoms with Gasteiger partial charge in [0.25, 0.3) is 5.91 Å². The Balaban J connectivity index is 0.00000288. The Labute approximate surface area is 153 Å². The topological polar surface area (TPSA) is 84.7 Å². The summed E-state index contributed by atoms with van der Waals surface area (Å²) in [6.45, 7) is 2.72. The lowest BCUT2D eigenvalue weighted by Crippen LogP contribution is -2.49. The highest BCUT2D eigenvalue weighted by molar-refractivity contribution is 6.31. The molecule has 2 atom stereocenters. The number of carbonyl (C=O) groups is 2. The van der Waals surface area contributed by atoms with Crippen molar-refractivity contribution in [2.75, 3.05) is 20.2 Å². The summed E-state index contributed by atoms with van der Waals surface area (Å²) < 4.78 is 5.24. The Kier molecular flexibility index (Phi) is 7.79. The van der Waals surface area contributed by atoms with Gasteiger partial charge < -0.3 is 20.7 Å². The van der Waals surface area contributed by atoms with Crippen LogP contribution in [0, 0.1) is 0 Å². The molecule has 1 unspecified atom stereocenters. The Morgan fingerprint density at radius 2 is 2.21 bits per heavy atom. The fraction of sp³-hybridized carbons (Fsp3) is 0.500. The minimum atomic E-state index is -0.486. The van der Waals surface area contributed by atoms with Gasteiger partial charge in [-0.3, -0.25) is 9.59 Å². The number of hydrogen-bond donors (Lipinski definition) is 2. The highest BCUT2D eigenvalue weighted by atomic mass is 35.5. The molecule has 134 valence electrons. The SMILES string of the molecule is COc1ccc(Cl)cc1C(=O)N1CCCC1C(=O)N[C@@H](C)CN.Cl. The molecule has 1 aliphatic rings. The number of benzene rings is 1. The average molecular weight is 376 g/mol. The van der Waals surface area contributed by atoms with Crippen LogP contribution in [0.5, 0.6) is 5.75 Å². The first-order valence-corrected chi connectivity index (χ1v) is 8.00. The third-order valence-corrected chi connectivity index (χ3v) is 4.19. The van der Waals surface area contributed by atoms with Crippen molar-refractivity contribution in [1.29, 1.82) is 0 Å². The van der Waals surface area contributed by atoms with Gasteiger partial charge in [0.05, 0.1) is 12.7 Å². The number of nitrogens with zero attached hydrogens (tertiary/aromatic N) is 1. The molecule has 2 amide bonds. The molecule has 0 aromatic heterocycles. The van der Waals surface area contributed by atoms with Crippen LogP contribution in [0.3, 0.4) is 0 Å². The van der Waals surface area contributed by atoms with Crippen LogP contribution in [0.15, 0.2) is 18.2 Å². The van der Waals surface area contributed by atoms with E-state index in [0.717, 1.165) is 6.42 Å². The minimum absolute atomic E-state index is 0. The molecule has 1 aromatic carbocycles. The second-order valence-corrected chi connectivity index (χ2v) is 6.08. The van der Waals surface area contributed by atoms with E-state index in [9.17, 15) is 9.59 Å². The molecule has 0 aliphatic carbocycles. The highest BCUT2D eigenvalue weighted by Crippen LogP contribution is 2.27. The molecular weight excluding hydrogens is 353 g/mol. The number of amides is 2. The lowest BCUT2D eigenvalue weighted by molar-refractivity contribution is -0.125. The van der Waals surface area contributed by atoms with Crippen LogP contribution in [0.2, 0.25) is 5.02 Å². The predicted molar refractivity (Wildman–Crippen MR) is 96.0 cm³/mol. The molecule has 3 N–H and O–H groups in total. The van der Waals surface area contributed by atoms with Crippen molar-refractivity contribution in [1.82, 2.24) is 10.2 Å². The van der Waals surface area contributed by atoms with Crippen LogP contribution in [0.4, 0.5) is 0 Å². The number of hydrogen-bond acceptors (Lipinski definition) is 4. The molecule has 1 fully saturated rings. The number of rotatable bonds is 5. The largest absolute Gasteiger partial charge is 0.496 e. The summed E-state index contributed by atoms with van der Waals surface area (Å²) in [4.78, 5) is 26.8. The first-order valence-electron chi connectivity index (χ1n) is 7.63. The van der Waals surface area contributed by atoms with Crippen molar-refractivity contribution in [3.63, 3.8) is 0 Å². The molecule has 0 radical (unpaired) electrons. The lowest BCUT2D eigenvalue weighted by atomic mass is 10.1. The van der Waals surface area contributed by atoms with E-state index in [-0.39, 0.29) is 30.3 Å². The van der Waals surface area contributed by atoms with E-state index in [1.54, 1.807) is 23.1 Å². The fourth-order valence-electron chi connectivity index (χ4n) is 2.68. The quantitative estimate of drug-likeness (QED) is 0.821. The summed E-state index contributed by atoms with van der Waals surface area (Å²) in [6, 6.07) is 4.27. The molecule has 24 heavy (non-hydrogen) atoms. The van der Waals surface area contributed by atoms with Crippen LogP contribution in [-0.2, 0) is 4.79 Å². The third-order valence-electron chi connectivity index (χ3n) is 3.95. The Morgan fingerprint density at radius 1 is 1.50 bits per heavy atom. The summed E-state index contributed by atoms with van der Waals surface area (Å²) in [5, 5.41) is 3.28. The van der Waals surface area contributed by atoms with Gasteiger partial charge in [-0.25, -0.2) is 0 Å². The number of methoxy groups -OCH3 is 1. The first-order chi connectivity index (χ1) is 11.0. The molecule has 0 bridgehead atoms. The van der Waals surface area contributed by atoms with E-state index in [1.807, 2.05) is 6.92 Å². The van der Waals surface area contributed by atoms with Crippen LogP contribution in [-0.4, -0.2) is 49.0 Å². The smallest absolute Gasteiger partial charge is 0.258 e. The molecule has 1 saturated heterocycles. The maximum Gasteiger partial charge on any atom is 0.258 e. The fourth-order valence-corrected chi connectivity index (χ4v) is 2.85. The zero-order valence-corrected chi connectivity index (χ0v) is 15.3. The van der Waals surface area contributed by atoms with E-state index in [2.05, 4.69) is 5.32 Å². The van der Waals surface area contributed by atoms with Crippen LogP contribution in [0.25, 0.3) is 0 Å². The average Bonchev–Trinajstić information content (AvgIpc) is 3.03. The summed E-state index contributed by atoms with van der Waals surface area (Å²) >= 11 is 5.99. The van der Waals surface area contributed by atoms with Crippen LogP contribution < -0.4 is 15.8 Å². The van der Waals surface area contributed by atoms with Gasteiger partial charge in [0.2, 0.25) is 5.91 Å². The van der Waals surface area contributed by atoms with Crippen molar-refractivity contribution in [3.05, 3.63) is 28.8 Å². The number of halogens is 2. The van der Waals surface area contributed by atoms with Gasteiger partial charge in [-0.15, -0.1) is 12.4 Å². The number of ether oxygens (including phenoxy) is 1. The number of nitrogens with one attached hydrogen (secondary N) is 1. The molecule has 2 rings (SSSR count). The monoisotopic (exact) mass is 375 g/mol. The van der Waals surface area contributed by atoms with Gasteiger partial charge in [0, 0.05) is 24.2 Å². The maximum absolute atomic E-state index is 12.8. The maximum atomic E-state index is 12.8. The molecule has 1 aromatic rings. The van der Waals surface area contributed by atoms with Crippen molar-refractivity contribution in [3.8, 4) is 5.75 Å². The lowest BCUT2D eigenvalue weighted by Gasteiger charge is -2.26. The normalized spacial score (nSPS) is 17.8. The zero-order valence-electron chi connectivity index (χ0n) is 13.8. The number of carbonyl (C=O) groups excluding carboxylic acids is 2. The first kappa shape index (κ1) is 20.5. The Bertz CT molecular complexity index is 598. The second-order valence-electron chi connectivity index (χ2n) is 5.65. The van der Waals surface area contributed by atoms with Gasteiger partial charge >= 0.3 is 0 Å². The van der Waals surface area contributed by atoms with Gasteiger partial charge in [-0.1, -0.05) is 11.6 Å². The highest BCUT2D eigenvalue weighted by Gasteiger charge is 2.35. The van der Waals surface area contributed by atoms with E-state index >= 15 is 0 Å². The van der Waals surface area contributed by atoms with Crippen molar-refractivity contribution in [2.45, 2.75) is 31.8 Å². The van der Waals surface area contributed by atoms with E-state index in [4.69, 9.17) is 22.1 Å². The van der Waals surface area contributed by atoms with Crippen molar-refractivity contribution >= 4 is 35.8 Å². The van der Waals surface area contributed by atoms with E-state index < -0.39 is 6.04 Å². The molecule has 6 nitrogen and oxygen atoms in total. The van der Waals surface area contributed by atoms with Gasteiger partial charge in [-0.05, 0) is 38.0 Å². The van der Waals surface area contributed by atoms with E-state index in [0.29, 0.717) is 35.8 Å². The summed E-state index contributed by atoms with van der Waals surface area (Å²) in [6.07, 6.45) is 1.42.